The fourth-order valence-electron chi connectivity index (χ4n) is 1.44. The molecule has 0 bridgehead atoms. The average Bonchev–Trinajstić information content (AvgIpc) is 2.02. The van der Waals surface area contributed by atoms with Gasteiger partial charge in [-0.1, -0.05) is 31.3 Å². The second-order valence-electron chi connectivity index (χ2n) is 4.71. The molecule has 12 heavy (non-hydrogen) atoms. The third-order valence-electron chi connectivity index (χ3n) is 2.23. The Morgan fingerprint density at radius 1 is 1.33 bits per heavy atom. The highest BCUT2D eigenvalue weighted by molar-refractivity contribution is 6.73. The summed E-state index contributed by atoms with van der Waals surface area (Å²) in [6.07, 6.45) is 7.87. The van der Waals surface area contributed by atoms with Crippen LogP contribution < -0.4 is 4.98 Å². The van der Waals surface area contributed by atoms with E-state index < -0.39 is 8.24 Å². The van der Waals surface area contributed by atoms with Gasteiger partial charge in [0.2, 0.25) is 0 Å². The van der Waals surface area contributed by atoms with Gasteiger partial charge in [0.25, 0.3) is 0 Å². The molecule has 0 aromatic heterocycles. The Labute approximate surface area is 77.3 Å². The molecular formula is C10H21NSi. The summed E-state index contributed by atoms with van der Waals surface area (Å²) in [4.78, 5) is 3.66. The van der Waals surface area contributed by atoms with Crippen molar-refractivity contribution in [1.82, 2.24) is 4.98 Å². The van der Waals surface area contributed by atoms with E-state index >= 15 is 0 Å². The maximum Gasteiger partial charge on any atom is 0.116 e. The minimum atomic E-state index is -1.03. The summed E-state index contributed by atoms with van der Waals surface area (Å²) in [5.74, 6) is 0. The van der Waals surface area contributed by atoms with Crippen LogP contribution in [-0.2, 0) is 0 Å². The largest absolute Gasteiger partial charge is 0.334 e. The summed E-state index contributed by atoms with van der Waals surface area (Å²) in [5, 5.41) is 0. The van der Waals surface area contributed by atoms with Crippen molar-refractivity contribution in [2.75, 3.05) is 6.54 Å². The molecule has 1 nitrogen and oxygen atoms in total. The first-order valence-corrected chi connectivity index (χ1v) is 8.51. The molecule has 1 rings (SSSR count). The predicted octanol–water partition coefficient (Wildman–Crippen LogP) is 2.91. The molecule has 0 saturated heterocycles. The Balaban J connectivity index is 2.26. The van der Waals surface area contributed by atoms with Gasteiger partial charge in [-0.15, -0.1) is 0 Å². The number of nitrogens with one attached hydrogen (secondary N) is 1. The van der Waals surface area contributed by atoms with Gasteiger partial charge in [0.15, 0.2) is 0 Å². The minimum absolute atomic E-state index is 1.03. The van der Waals surface area contributed by atoms with Gasteiger partial charge < -0.3 is 4.98 Å². The van der Waals surface area contributed by atoms with Crippen LogP contribution >= 0.6 is 0 Å². The molecule has 0 saturated carbocycles. The van der Waals surface area contributed by atoms with E-state index in [0.717, 1.165) is 6.54 Å². The van der Waals surface area contributed by atoms with Crippen molar-refractivity contribution >= 4 is 8.24 Å². The third kappa shape index (κ3) is 4.07. The van der Waals surface area contributed by atoms with E-state index in [-0.39, 0.29) is 0 Å². The topological polar surface area (TPSA) is 12.0 Å². The molecule has 0 unspecified atom stereocenters. The van der Waals surface area contributed by atoms with Crippen molar-refractivity contribution in [3.63, 3.8) is 0 Å². The molecule has 0 fully saturated rings. The fraction of sp³-hybridized carbons (Fsp3) is 0.800. The van der Waals surface area contributed by atoms with Gasteiger partial charge in [0.05, 0.1) is 0 Å². The molecule has 0 amide bonds. The highest BCUT2D eigenvalue weighted by atomic mass is 28.3. The highest BCUT2D eigenvalue weighted by Crippen LogP contribution is 2.16. The molecule has 1 aliphatic carbocycles. The zero-order chi connectivity index (χ0) is 9.03. The Morgan fingerprint density at radius 2 is 2.08 bits per heavy atom. The van der Waals surface area contributed by atoms with Crippen LogP contribution in [0.4, 0.5) is 0 Å². The molecule has 0 spiro atoms. The van der Waals surface area contributed by atoms with Crippen molar-refractivity contribution in [2.45, 2.75) is 45.3 Å². The van der Waals surface area contributed by atoms with Crippen molar-refractivity contribution in [1.29, 1.82) is 0 Å². The molecule has 70 valence electrons. The lowest BCUT2D eigenvalue weighted by atomic mass is 10.0. The second-order valence-corrected chi connectivity index (χ2v) is 9.57. The molecular weight excluding hydrogens is 162 g/mol. The Morgan fingerprint density at radius 3 is 2.58 bits per heavy atom. The first kappa shape index (κ1) is 10.0. The fourth-order valence-corrected chi connectivity index (χ4v) is 2.20. The number of hydrogen-bond acceptors (Lipinski definition) is 1. The zero-order valence-corrected chi connectivity index (χ0v) is 9.61. The van der Waals surface area contributed by atoms with Gasteiger partial charge >= 0.3 is 0 Å². The molecule has 0 aromatic carbocycles. The van der Waals surface area contributed by atoms with Crippen molar-refractivity contribution in [3.05, 3.63) is 11.6 Å². The van der Waals surface area contributed by atoms with E-state index in [2.05, 4.69) is 30.7 Å². The zero-order valence-electron chi connectivity index (χ0n) is 8.61. The second kappa shape index (κ2) is 4.24. The van der Waals surface area contributed by atoms with Crippen LogP contribution in [0.5, 0.6) is 0 Å². The van der Waals surface area contributed by atoms with E-state index in [1.807, 2.05) is 0 Å². The van der Waals surface area contributed by atoms with Crippen LogP contribution in [0, 0.1) is 0 Å². The normalized spacial score (nSPS) is 19.1. The monoisotopic (exact) mass is 183 g/mol. The predicted molar refractivity (Wildman–Crippen MR) is 57.9 cm³/mol. The third-order valence-corrected chi connectivity index (χ3v) is 3.47. The van der Waals surface area contributed by atoms with E-state index in [4.69, 9.17) is 0 Å². The minimum Gasteiger partial charge on any atom is -0.334 e. The standard InChI is InChI=1S/C10H21NSi/c1-12(2,3)11-9-10-7-5-4-6-8-10/h7,11H,4-6,8-9H2,1-3H3. The van der Waals surface area contributed by atoms with Crippen molar-refractivity contribution in [2.24, 2.45) is 0 Å². The molecule has 2 heteroatoms. The summed E-state index contributed by atoms with van der Waals surface area (Å²) in [7, 11) is -1.03. The van der Waals surface area contributed by atoms with Gasteiger partial charge in [-0.05, 0) is 25.7 Å². The van der Waals surface area contributed by atoms with Crippen LogP contribution in [-0.4, -0.2) is 14.8 Å². The summed E-state index contributed by atoms with van der Waals surface area (Å²) in [6, 6.07) is 0. The number of allylic oxidation sites excluding steroid dienone is 1. The van der Waals surface area contributed by atoms with Crippen LogP contribution in [0.3, 0.4) is 0 Å². The lowest BCUT2D eigenvalue weighted by Gasteiger charge is -2.21. The number of hydrogen-bond donors (Lipinski definition) is 1. The van der Waals surface area contributed by atoms with E-state index in [9.17, 15) is 0 Å². The van der Waals surface area contributed by atoms with Crippen LogP contribution in [0.25, 0.3) is 0 Å². The van der Waals surface area contributed by atoms with E-state index in [0.29, 0.717) is 0 Å². The van der Waals surface area contributed by atoms with Crippen molar-refractivity contribution < 1.29 is 0 Å². The smallest absolute Gasteiger partial charge is 0.116 e. The summed E-state index contributed by atoms with van der Waals surface area (Å²) >= 11 is 0. The van der Waals surface area contributed by atoms with Gasteiger partial charge in [0.1, 0.15) is 8.24 Å². The molecule has 0 atom stereocenters. The van der Waals surface area contributed by atoms with Gasteiger partial charge in [-0.25, -0.2) is 0 Å². The molecule has 0 heterocycles. The average molecular weight is 183 g/mol. The molecule has 0 aromatic rings. The van der Waals surface area contributed by atoms with Gasteiger partial charge in [-0.3, -0.25) is 0 Å². The highest BCUT2D eigenvalue weighted by Gasteiger charge is 2.12. The van der Waals surface area contributed by atoms with Crippen molar-refractivity contribution in [3.8, 4) is 0 Å². The maximum atomic E-state index is 3.66. The summed E-state index contributed by atoms with van der Waals surface area (Å²) in [5.41, 5.74) is 1.64. The maximum absolute atomic E-state index is 3.66. The first-order chi connectivity index (χ1) is 5.58. The molecule has 0 radical (unpaired) electrons. The SMILES string of the molecule is C[Si](C)(C)NCC1=CCCCC1. The lowest BCUT2D eigenvalue weighted by Crippen LogP contribution is -2.42. The van der Waals surface area contributed by atoms with Crippen LogP contribution in [0.1, 0.15) is 25.7 Å². The Bertz CT molecular complexity index is 167. The molecule has 0 aliphatic heterocycles. The van der Waals surface area contributed by atoms with Gasteiger partial charge in [0, 0.05) is 6.54 Å². The lowest BCUT2D eigenvalue weighted by molar-refractivity contribution is 0.683. The summed E-state index contributed by atoms with van der Waals surface area (Å²) < 4.78 is 0. The molecule has 1 aliphatic rings. The van der Waals surface area contributed by atoms with Crippen LogP contribution in [0.15, 0.2) is 11.6 Å². The quantitative estimate of drug-likeness (QED) is 0.524. The van der Waals surface area contributed by atoms with E-state index in [1.165, 1.54) is 25.7 Å². The summed E-state index contributed by atoms with van der Waals surface area (Å²) in [6.45, 7) is 8.22. The first-order valence-electron chi connectivity index (χ1n) is 5.01. The molecule has 1 N–H and O–H groups in total. The Hall–Kier alpha value is -0.0831. The van der Waals surface area contributed by atoms with E-state index in [1.54, 1.807) is 5.57 Å². The number of rotatable bonds is 3. The van der Waals surface area contributed by atoms with Crippen LogP contribution in [0.2, 0.25) is 19.6 Å². The van der Waals surface area contributed by atoms with Gasteiger partial charge in [-0.2, -0.15) is 0 Å². The Kier molecular flexibility index (Phi) is 3.53.